The summed E-state index contributed by atoms with van der Waals surface area (Å²) >= 11 is 0. The molecule has 0 radical (unpaired) electrons. The maximum Gasteiger partial charge on any atom is 0.145 e. The van der Waals surface area contributed by atoms with Crippen LogP contribution in [0.15, 0.2) is 48.6 Å². The quantitative estimate of drug-likeness (QED) is 0.744. The third-order valence-electron chi connectivity index (χ3n) is 5.53. The van der Waals surface area contributed by atoms with Crippen LogP contribution in [0.4, 0.5) is 0 Å². The third-order valence-corrected chi connectivity index (χ3v) is 5.53. The normalized spacial score (nSPS) is 29.6. The Balaban J connectivity index is 1.78. The number of benzene rings is 1. The van der Waals surface area contributed by atoms with Crippen molar-refractivity contribution in [3.63, 3.8) is 0 Å². The highest BCUT2D eigenvalue weighted by molar-refractivity contribution is 5.90. The fourth-order valence-electron chi connectivity index (χ4n) is 4.09. The van der Waals surface area contributed by atoms with Gasteiger partial charge in [-0.15, -0.1) is 0 Å². The Morgan fingerprint density at radius 1 is 1.24 bits per heavy atom. The van der Waals surface area contributed by atoms with Crippen LogP contribution in [-0.4, -0.2) is 19.0 Å². The van der Waals surface area contributed by atoms with Crippen molar-refractivity contribution in [2.75, 3.05) is 7.11 Å². The highest BCUT2D eigenvalue weighted by atomic mass is 16.5. The second-order valence-electron chi connectivity index (χ2n) is 7.85. The van der Waals surface area contributed by atoms with Gasteiger partial charge in [0.25, 0.3) is 0 Å². The van der Waals surface area contributed by atoms with Gasteiger partial charge < -0.3 is 9.47 Å². The molecule has 25 heavy (non-hydrogen) atoms. The largest absolute Gasteiger partial charge is 0.497 e. The number of methoxy groups -OCH3 is 1. The summed E-state index contributed by atoms with van der Waals surface area (Å²) in [5.41, 5.74) is 1.93. The number of carbonyl (C=O) groups is 1. The predicted octanol–water partition coefficient (Wildman–Crippen LogP) is 4.72. The van der Waals surface area contributed by atoms with E-state index in [2.05, 4.69) is 32.6 Å². The maximum absolute atomic E-state index is 12.8. The summed E-state index contributed by atoms with van der Waals surface area (Å²) < 4.78 is 11.5. The van der Waals surface area contributed by atoms with Gasteiger partial charge in [0.1, 0.15) is 11.5 Å². The van der Waals surface area contributed by atoms with Crippen LogP contribution in [0.1, 0.15) is 38.7 Å². The van der Waals surface area contributed by atoms with E-state index in [4.69, 9.17) is 9.47 Å². The number of ether oxygens (including phenoxy) is 2. The molecule has 2 aliphatic carbocycles. The van der Waals surface area contributed by atoms with Crippen LogP contribution in [0.25, 0.3) is 0 Å². The highest BCUT2D eigenvalue weighted by Crippen LogP contribution is 2.47. The van der Waals surface area contributed by atoms with Crippen molar-refractivity contribution < 1.29 is 14.3 Å². The van der Waals surface area contributed by atoms with Crippen molar-refractivity contribution >= 4 is 5.78 Å². The fraction of sp³-hybridized carbons (Fsp3) is 0.500. The van der Waals surface area contributed by atoms with E-state index < -0.39 is 0 Å². The lowest BCUT2D eigenvalue weighted by atomic mass is 9.83. The first kappa shape index (κ1) is 17.9. The van der Waals surface area contributed by atoms with Gasteiger partial charge in [-0.05, 0) is 42.5 Å². The summed E-state index contributed by atoms with van der Waals surface area (Å²) in [5.74, 6) is 1.31. The smallest absolute Gasteiger partial charge is 0.145 e. The maximum atomic E-state index is 12.8. The van der Waals surface area contributed by atoms with E-state index >= 15 is 0 Å². The molecule has 1 aromatic carbocycles. The molecule has 0 heterocycles. The van der Waals surface area contributed by atoms with Gasteiger partial charge in [0.15, 0.2) is 0 Å². The number of carbonyl (C=O) groups excluding carboxylic acids is 1. The molecular weight excluding hydrogens is 312 g/mol. The van der Waals surface area contributed by atoms with Crippen LogP contribution in [0.3, 0.4) is 0 Å². The number of Topliss-reactive ketones (excluding diaryl/α,β-unsaturated/α-hetero) is 1. The molecule has 0 unspecified atom stereocenters. The molecule has 3 heteroatoms. The highest BCUT2D eigenvalue weighted by Gasteiger charge is 2.49. The zero-order valence-corrected chi connectivity index (χ0v) is 15.5. The molecule has 0 aromatic heterocycles. The number of allylic oxidation sites excluding steroid dienone is 2. The fourth-order valence-corrected chi connectivity index (χ4v) is 4.09. The van der Waals surface area contributed by atoms with E-state index in [0.717, 1.165) is 36.1 Å². The summed E-state index contributed by atoms with van der Waals surface area (Å²) in [5, 5.41) is 0. The minimum atomic E-state index is -0.286. The number of hydrogen-bond donors (Lipinski definition) is 0. The standard InChI is InChI=1S/C22H28O3/c1-15-7-5-6-8-18-19(13-22(2,3)21(18)23)20(15)25-14-16-9-11-17(24-4)12-10-16/h6,8-12,18-20H,1,5,7,13-14H2,2-4H3/b8-6-/t18-,19-,20-/m0/s1. The number of rotatable bonds is 4. The van der Waals surface area contributed by atoms with Crippen LogP contribution in [0.2, 0.25) is 0 Å². The topological polar surface area (TPSA) is 35.5 Å². The first-order chi connectivity index (χ1) is 11.9. The zero-order chi connectivity index (χ0) is 18.0. The van der Waals surface area contributed by atoms with Crippen molar-refractivity contribution in [2.24, 2.45) is 17.3 Å². The van der Waals surface area contributed by atoms with Crippen molar-refractivity contribution in [1.29, 1.82) is 0 Å². The van der Waals surface area contributed by atoms with Gasteiger partial charge in [-0.2, -0.15) is 0 Å². The van der Waals surface area contributed by atoms with Crippen LogP contribution in [0.5, 0.6) is 5.75 Å². The molecule has 2 aliphatic rings. The molecule has 3 nitrogen and oxygen atoms in total. The van der Waals surface area contributed by atoms with Crippen molar-refractivity contribution in [1.82, 2.24) is 0 Å². The van der Waals surface area contributed by atoms with E-state index in [1.165, 1.54) is 0 Å². The molecule has 0 N–H and O–H groups in total. The van der Waals surface area contributed by atoms with Gasteiger partial charge in [-0.1, -0.05) is 44.7 Å². The minimum absolute atomic E-state index is 0.0482. The number of ketones is 1. The van der Waals surface area contributed by atoms with E-state index in [0.29, 0.717) is 12.4 Å². The molecule has 1 fully saturated rings. The summed E-state index contributed by atoms with van der Waals surface area (Å²) in [7, 11) is 1.66. The summed E-state index contributed by atoms with van der Waals surface area (Å²) in [6.45, 7) is 8.91. The Bertz CT molecular complexity index is 669. The molecule has 0 spiro atoms. The van der Waals surface area contributed by atoms with Gasteiger partial charge in [-0.25, -0.2) is 0 Å². The zero-order valence-electron chi connectivity index (χ0n) is 15.5. The van der Waals surface area contributed by atoms with Crippen molar-refractivity contribution in [2.45, 2.75) is 45.8 Å². The van der Waals surface area contributed by atoms with Crippen LogP contribution < -0.4 is 4.74 Å². The third kappa shape index (κ3) is 3.72. The monoisotopic (exact) mass is 340 g/mol. The van der Waals surface area contributed by atoms with Gasteiger partial charge >= 0.3 is 0 Å². The summed E-state index contributed by atoms with van der Waals surface area (Å²) in [4.78, 5) is 12.8. The first-order valence-electron chi connectivity index (χ1n) is 9.05. The average molecular weight is 340 g/mol. The Morgan fingerprint density at radius 3 is 2.64 bits per heavy atom. The van der Waals surface area contributed by atoms with Gasteiger partial charge in [-0.3, -0.25) is 4.79 Å². The lowest BCUT2D eigenvalue weighted by Gasteiger charge is -2.30. The van der Waals surface area contributed by atoms with Gasteiger partial charge in [0.2, 0.25) is 0 Å². The number of fused-ring (bicyclic) bond motifs is 1. The van der Waals surface area contributed by atoms with E-state index in [9.17, 15) is 4.79 Å². The lowest BCUT2D eigenvalue weighted by molar-refractivity contribution is -0.126. The minimum Gasteiger partial charge on any atom is -0.497 e. The van der Waals surface area contributed by atoms with E-state index in [-0.39, 0.29) is 23.4 Å². The molecule has 1 aromatic rings. The molecule has 3 rings (SSSR count). The Labute approximate surface area is 150 Å². The van der Waals surface area contributed by atoms with Crippen LogP contribution in [0, 0.1) is 17.3 Å². The Kier molecular flexibility index (Phi) is 5.14. The van der Waals surface area contributed by atoms with Crippen molar-refractivity contribution in [3.8, 4) is 5.75 Å². The van der Waals surface area contributed by atoms with Gasteiger partial charge in [0, 0.05) is 17.3 Å². The van der Waals surface area contributed by atoms with Gasteiger partial charge in [0.05, 0.1) is 19.8 Å². The molecule has 0 bridgehead atoms. The first-order valence-corrected chi connectivity index (χ1v) is 9.05. The molecule has 0 amide bonds. The molecule has 3 atom stereocenters. The van der Waals surface area contributed by atoms with Crippen molar-refractivity contribution in [3.05, 3.63) is 54.1 Å². The number of hydrogen-bond acceptors (Lipinski definition) is 3. The Hall–Kier alpha value is -1.87. The molecule has 1 saturated carbocycles. The lowest BCUT2D eigenvalue weighted by Crippen LogP contribution is -2.30. The predicted molar refractivity (Wildman–Crippen MR) is 99.5 cm³/mol. The second-order valence-corrected chi connectivity index (χ2v) is 7.85. The average Bonchev–Trinajstić information content (AvgIpc) is 2.81. The Morgan fingerprint density at radius 2 is 1.96 bits per heavy atom. The molecule has 0 saturated heterocycles. The molecular formula is C22H28O3. The summed E-state index contributed by atoms with van der Waals surface area (Å²) in [6.07, 6.45) is 6.88. The summed E-state index contributed by atoms with van der Waals surface area (Å²) in [6, 6.07) is 7.93. The second kappa shape index (κ2) is 7.17. The SMILES string of the molecule is C=C1CC/C=C\[C@@H]2C(=O)C(C)(C)C[C@@H]2[C@H]1OCc1ccc(OC)cc1. The molecule has 134 valence electrons. The van der Waals surface area contributed by atoms with Crippen LogP contribution >= 0.6 is 0 Å². The van der Waals surface area contributed by atoms with E-state index in [1.54, 1.807) is 7.11 Å². The van der Waals surface area contributed by atoms with E-state index in [1.807, 2.05) is 24.3 Å². The molecule has 0 aliphatic heterocycles. The van der Waals surface area contributed by atoms with Crippen LogP contribution in [-0.2, 0) is 16.1 Å².